The predicted molar refractivity (Wildman–Crippen MR) is 79.7 cm³/mol. The van der Waals surface area contributed by atoms with Crippen LogP contribution in [0.25, 0.3) is 0 Å². The van der Waals surface area contributed by atoms with E-state index in [1.807, 2.05) is 0 Å². The maximum Gasteiger partial charge on any atom is 0.0496 e. The summed E-state index contributed by atoms with van der Waals surface area (Å²) >= 11 is 0. The number of nitrogens with two attached hydrogens (primary N) is 1. The molecule has 2 N–H and O–H groups in total. The second-order valence-corrected chi connectivity index (χ2v) is 5.26. The van der Waals surface area contributed by atoms with Gasteiger partial charge in [-0.15, -0.1) is 0 Å². The smallest absolute Gasteiger partial charge is 0.0496 e. The summed E-state index contributed by atoms with van der Waals surface area (Å²) in [6, 6.07) is 9.34. The molecule has 0 saturated heterocycles. The van der Waals surface area contributed by atoms with E-state index in [1.165, 1.54) is 24.0 Å². The molecule has 0 aliphatic carbocycles. The molecule has 1 aromatic carbocycles. The van der Waals surface area contributed by atoms with Gasteiger partial charge < -0.3 is 5.73 Å². The zero-order valence-electron chi connectivity index (χ0n) is 12.3. The van der Waals surface area contributed by atoms with Crippen LogP contribution < -0.4 is 5.73 Å². The summed E-state index contributed by atoms with van der Waals surface area (Å²) in [7, 11) is 2.19. The molecule has 0 fully saturated rings. The highest BCUT2D eigenvalue weighted by atomic mass is 15.1. The van der Waals surface area contributed by atoms with Crippen molar-refractivity contribution >= 4 is 0 Å². The fraction of sp³-hybridized carbons (Fsp3) is 0.625. The lowest BCUT2D eigenvalue weighted by atomic mass is 9.95. The third-order valence-electron chi connectivity index (χ3n) is 3.64. The summed E-state index contributed by atoms with van der Waals surface area (Å²) in [4.78, 5) is 2.41. The molecule has 102 valence electrons. The van der Waals surface area contributed by atoms with Crippen molar-refractivity contribution in [1.82, 2.24) is 4.90 Å². The molecule has 0 aliphatic heterocycles. The number of hydrogen-bond acceptors (Lipinski definition) is 2. The number of benzene rings is 1. The van der Waals surface area contributed by atoms with Crippen LogP contribution >= 0.6 is 0 Å². The van der Waals surface area contributed by atoms with Gasteiger partial charge in [0.25, 0.3) is 0 Å². The molecule has 0 radical (unpaired) electrons. The molecular formula is C16H28N2. The van der Waals surface area contributed by atoms with Crippen LogP contribution in [0.15, 0.2) is 24.3 Å². The maximum absolute atomic E-state index is 6.32. The quantitative estimate of drug-likeness (QED) is 0.800. The molecule has 2 heteroatoms. The molecule has 0 aliphatic rings. The molecule has 2 nitrogen and oxygen atoms in total. The third-order valence-corrected chi connectivity index (χ3v) is 3.64. The van der Waals surface area contributed by atoms with E-state index in [2.05, 4.69) is 57.0 Å². The highest BCUT2D eigenvalue weighted by Gasteiger charge is 2.22. The average Bonchev–Trinajstić information content (AvgIpc) is 2.38. The van der Waals surface area contributed by atoms with Crippen LogP contribution in [-0.4, -0.2) is 24.5 Å². The Balaban J connectivity index is 2.86. The lowest BCUT2D eigenvalue weighted by Gasteiger charge is -2.33. The topological polar surface area (TPSA) is 29.3 Å². The average molecular weight is 248 g/mol. The molecule has 0 bridgehead atoms. The van der Waals surface area contributed by atoms with E-state index in [0.717, 1.165) is 13.0 Å². The van der Waals surface area contributed by atoms with Crippen LogP contribution in [0.3, 0.4) is 0 Å². The van der Waals surface area contributed by atoms with Gasteiger partial charge in [-0.25, -0.2) is 0 Å². The van der Waals surface area contributed by atoms with Crippen LogP contribution in [0.5, 0.6) is 0 Å². The summed E-state index contributed by atoms with van der Waals surface area (Å²) < 4.78 is 0. The number of hydrogen-bond donors (Lipinski definition) is 1. The van der Waals surface area contributed by atoms with Crippen LogP contribution in [0.2, 0.25) is 0 Å². The largest absolute Gasteiger partial charge is 0.326 e. The zero-order valence-corrected chi connectivity index (χ0v) is 12.3. The Morgan fingerprint density at radius 1 is 1.17 bits per heavy atom. The van der Waals surface area contributed by atoms with E-state index in [0.29, 0.717) is 6.04 Å². The Hall–Kier alpha value is -0.860. The van der Waals surface area contributed by atoms with Crippen LogP contribution in [0.1, 0.15) is 50.3 Å². The van der Waals surface area contributed by atoms with E-state index in [-0.39, 0.29) is 6.04 Å². The van der Waals surface area contributed by atoms with Crippen LogP contribution in [0, 0.1) is 6.92 Å². The third kappa shape index (κ3) is 4.11. The second kappa shape index (κ2) is 7.55. The normalized spacial score (nSPS) is 14.8. The molecule has 1 rings (SSSR count). The second-order valence-electron chi connectivity index (χ2n) is 5.26. The van der Waals surface area contributed by atoms with Crippen molar-refractivity contribution in [3.63, 3.8) is 0 Å². The Morgan fingerprint density at radius 3 is 2.28 bits per heavy atom. The van der Waals surface area contributed by atoms with E-state index < -0.39 is 0 Å². The van der Waals surface area contributed by atoms with Crippen LogP contribution in [0.4, 0.5) is 0 Å². The highest BCUT2D eigenvalue weighted by Crippen LogP contribution is 2.24. The Labute approximate surface area is 112 Å². The fourth-order valence-electron chi connectivity index (χ4n) is 2.36. The van der Waals surface area contributed by atoms with E-state index >= 15 is 0 Å². The van der Waals surface area contributed by atoms with Gasteiger partial charge in [-0.3, -0.25) is 4.90 Å². The van der Waals surface area contributed by atoms with Gasteiger partial charge in [0, 0.05) is 12.1 Å². The van der Waals surface area contributed by atoms with Gasteiger partial charge in [0.1, 0.15) is 0 Å². The van der Waals surface area contributed by atoms with E-state index in [1.54, 1.807) is 0 Å². The highest BCUT2D eigenvalue weighted by molar-refractivity contribution is 5.25. The first-order valence-corrected chi connectivity index (χ1v) is 7.12. The number of unbranched alkanes of at least 4 members (excludes halogenated alkanes) is 1. The fourth-order valence-corrected chi connectivity index (χ4v) is 2.36. The van der Waals surface area contributed by atoms with Crippen molar-refractivity contribution in [2.24, 2.45) is 5.73 Å². The molecule has 0 spiro atoms. The molecule has 2 unspecified atom stereocenters. The number of likely N-dealkylation sites (N-methyl/N-ethyl adjacent to an activating group) is 1. The SMILES string of the molecule is CCCCN(C)C(c1ccc(C)cc1)C(N)CC. The van der Waals surface area contributed by atoms with E-state index in [9.17, 15) is 0 Å². The van der Waals surface area contributed by atoms with Crippen molar-refractivity contribution < 1.29 is 0 Å². The van der Waals surface area contributed by atoms with E-state index in [4.69, 9.17) is 5.73 Å². The predicted octanol–water partition coefficient (Wildman–Crippen LogP) is 3.51. The summed E-state index contributed by atoms with van der Waals surface area (Å²) in [5, 5.41) is 0. The van der Waals surface area contributed by atoms with Gasteiger partial charge in [0.05, 0.1) is 0 Å². The first kappa shape index (κ1) is 15.2. The lowest BCUT2D eigenvalue weighted by Crippen LogP contribution is -2.39. The first-order valence-electron chi connectivity index (χ1n) is 7.12. The van der Waals surface area contributed by atoms with Crippen molar-refractivity contribution in [3.8, 4) is 0 Å². The van der Waals surface area contributed by atoms with Gasteiger partial charge in [0.15, 0.2) is 0 Å². The molecule has 0 aromatic heterocycles. The van der Waals surface area contributed by atoms with Crippen LogP contribution in [-0.2, 0) is 0 Å². The first-order chi connectivity index (χ1) is 8.60. The monoisotopic (exact) mass is 248 g/mol. The molecule has 0 heterocycles. The minimum absolute atomic E-state index is 0.203. The van der Waals surface area contributed by atoms with Crippen molar-refractivity contribution in [1.29, 1.82) is 0 Å². The molecule has 0 saturated carbocycles. The van der Waals surface area contributed by atoms with Gasteiger partial charge in [-0.05, 0) is 38.9 Å². The molecule has 18 heavy (non-hydrogen) atoms. The molecule has 0 amide bonds. The van der Waals surface area contributed by atoms with Gasteiger partial charge >= 0.3 is 0 Å². The Morgan fingerprint density at radius 2 is 1.78 bits per heavy atom. The maximum atomic E-state index is 6.32. The Bertz CT molecular complexity index is 331. The van der Waals surface area contributed by atoms with Crippen molar-refractivity contribution in [3.05, 3.63) is 35.4 Å². The summed E-state index contributed by atoms with van der Waals surface area (Å²) in [5.74, 6) is 0. The van der Waals surface area contributed by atoms with Gasteiger partial charge in [-0.2, -0.15) is 0 Å². The van der Waals surface area contributed by atoms with Gasteiger partial charge in [-0.1, -0.05) is 50.1 Å². The summed E-state index contributed by atoms with van der Waals surface area (Å²) in [6.07, 6.45) is 3.47. The van der Waals surface area contributed by atoms with Crippen molar-refractivity contribution in [2.75, 3.05) is 13.6 Å². The zero-order chi connectivity index (χ0) is 13.5. The lowest BCUT2D eigenvalue weighted by molar-refractivity contribution is 0.207. The number of rotatable bonds is 7. The molecule has 2 atom stereocenters. The minimum atomic E-state index is 0.203. The molecule has 1 aromatic rings. The molecular weight excluding hydrogens is 220 g/mol. The summed E-state index contributed by atoms with van der Waals surface area (Å²) in [6.45, 7) is 7.63. The Kier molecular flexibility index (Phi) is 6.37. The number of nitrogens with zero attached hydrogens (tertiary/aromatic N) is 1. The summed E-state index contributed by atoms with van der Waals surface area (Å²) in [5.41, 5.74) is 8.96. The minimum Gasteiger partial charge on any atom is -0.326 e. The van der Waals surface area contributed by atoms with Crippen molar-refractivity contribution in [2.45, 2.75) is 52.1 Å². The standard InChI is InChI=1S/C16H28N2/c1-5-7-12-18(4)16(15(17)6-2)14-10-8-13(3)9-11-14/h8-11,15-16H,5-7,12,17H2,1-4H3. The number of aryl methyl sites for hydroxylation is 1. The van der Waals surface area contributed by atoms with Gasteiger partial charge in [0.2, 0.25) is 0 Å².